The average molecular weight is 312 g/mol. The number of aryl methyl sites for hydroxylation is 1. The summed E-state index contributed by atoms with van der Waals surface area (Å²) in [5.74, 6) is 0. The molecule has 0 saturated carbocycles. The maximum Gasteiger partial charge on any atom is 0.405 e. The van der Waals surface area contributed by atoms with Gasteiger partial charge in [-0.1, -0.05) is 18.2 Å². The quantitative estimate of drug-likeness (QED) is 0.794. The fourth-order valence-corrected chi connectivity index (χ4v) is 2.69. The lowest BCUT2D eigenvalue weighted by Gasteiger charge is -2.12. The fourth-order valence-electron chi connectivity index (χ4n) is 2.69. The van der Waals surface area contributed by atoms with Crippen LogP contribution in [-0.4, -0.2) is 22.0 Å². The summed E-state index contributed by atoms with van der Waals surface area (Å²) >= 11 is 0. The first kappa shape index (κ1) is 14.9. The SMILES string of the molecule is Cc1[nH]n(-c2ccccc2)c(=O)c1C1CC(C(F)(F)F)NN1. The van der Waals surface area contributed by atoms with E-state index in [0.717, 1.165) is 0 Å². The van der Waals surface area contributed by atoms with Crippen LogP contribution in [0.1, 0.15) is 23.7 Å². The van der Waals surface area contributed by atoms with Crippen LogP contribution in [0.4, 0.5) is 13.2 Å². The smallest absolute Gasteiger partial charge is 0.295 e. The van der Waals surface area contributed by atoms with Gasteiger partial charge in [-0.25, -0.2) is 15.5 Å². The second-order valence-electron chi connectivity index (χ2n) is 5.30. The van der Waals surface area contributed by atoms with E-state index in [1.165, 1.54) is 4.68 Å². The molecule has 2 heterocycles. The fraction of sp³-hybridized carbons (Fsp3) is 0.357. The molecule has 0 aliphatic carbocycles. The molecular formula is C14H15F3N4O. The summed E-state index contributed by atoms with van der Waals surface area (Å²) in [6.45, 7) is 1.68. The third-order valence-corrected chi connectivity index (χ3v) is 3.78. The van der Waals surface area contributed by atoms with E-state index in [9.17, 15) is 18.0 Å². The van der Waals surface area contributed by atoms with Crippen LogP contribution in [0.3, 0.4) is 0 Å². The molecule has 0 amide bonds. The molecule has 2 unspecified atom stereocenters. The monoisotopic (exact) mass is 312 g/mol. The molecule has 3 rings (SSSR count). The third-order valence-electron chi connectivity index (χ3n) is 3.78. The lowest BCUT2D eigenvalue weighted by Crippen LogP contribution is -2.41. The lowest BCUT2D eigenvalue weighted by molar-refractivity contribution is -0.153. The van der Waals surface area contributed by atoms with Gasteiger partial charge in [0.2, 0.25) is 0 Å². The number of hydrogen-bond donors (Lipinski definition) is 3. The van der Waals surface area contributed by atoms with E-state index in [2.05, 4.69) is 16.0 Å². The van der Waals surface area contributed by atoms with Crippen LogP contribution in [0.2, 0.25) is 0 Å². The van der Waals surface area contributed by atoms with Gasteiger partial charge >= 0.3 is 6.18 Å². The standard InChI is InChI=1S/C14H15F3N4O/c1-8-12(10-7-11(19-18-10)14(15,16)17)13(22)21(20-8)9-5-3-2-4-6-9/h2-6,10-11,18-20H,7H2,1H3. The number of hydrogen-bond acceptors (Lipinski definition) is 3. The molecule has 0 bridgehead atoms. The van der Waals surface area contributed by atoms with E-state index in [0.29, 0.717) is 16.9 Å². The van der Waals surface area contributed by atoms with Gasteiger partial charge < -0.3 is 0 Å². The highest BCUT2D eigenvalue weighted by Gasteiger charge is 2.45. The topological polar surface area (TPSA) is 61.9 Å². The summed E-state index contributed by atoms with van der Waals surface area (Å²) < 4.78 is 39.5. The summed E-state index contributed by atoms with van der Waals surface area (Å²) in [5, 5.41) is 2.91. The number of aromatic amines is 1. The van der Waals surface area contributed by atoms with Gasteiger partial charge in [0.1, 0.15) is 6.04 Å². The Bertz CT molecular complexity index is 720. The second-order valence-corrected chi connectivity index (χ2v) is 5.30. The number of para-hydroxylation sites is 1. The van der Waals surface area contributed by atoms with Gasteiger partial charge in [-0.2, -0.15) is 13.2 Å². The number of H-pyrrole nitrogens is 1. The molecule has 3 N–H and O–H groups in total. The van der Waals surface area contributed by atoms with Gasteiger partial charge in [0.25, 0.3) is 5.56 Å². The first-order valence-corrected chi connectivity index (χ1v) is 6.82. The third kappa shape index (κ3) is 2.55. The Morgan fingerprint density at radius 2 is 1.86 bits per heavy atom. The highest BCUT2D eigenvalue weighted by Crippen LogP contribution is 2.31. The highest BCUT2D eigenvalue weighted by molar-refractivity contribution is 5.33. The zero-order valence-electron chi connectivity index (χ0n) is 11.7. The minimum atomic E-state index is -4.34. The summed E-state index contributed by atoms with van der Waals surface area (Å²) in [7, 11) is 0. The van der Waals surface area contributed by atoms with Crippen molar-refractivity contribution in [2.24, 2.45) is 0 Å². The van der Waals surface area contributed by atoms with Gasteiger partial charge in [0.15, 0.2) is 0 Å². The Labute approximate surface area is 124 Å². The van der Waals surface area contributed by atoms with Crippen LogP contribution < -0.4 is 16.4 Å². The summed E-state index contributed by atoms with van der Waals surface area (Å²) in [5.41, 5.74) is 5.96. The van der Waals surface area contributed by atoms with Gasteiger partial charge in [-0.15, -0.1) is 0 Å². The minimum absolute atomic E-state index is 0.216. The normalized spacial score (nSPS) is 22.2. The second kappa shape index (κ2) is 5.29. The van der Waals surface area contributed by atoms with Crippen molar-refractivity contribution in [3.05, 3.63) is 51.9 Å². The van der Waals surface area contributed by atoms with Gasteiger partial charge in [0, 0.05) is 5.69 Å². The van der Waals surface area contributed by atoms with Crippen LogP contribution >= 0.6 is 0 Å². The van der Waals surface area contributed by atoms with Crippen LogP contribution in [0.5, 0.6) is 0 Å². The summed E-state index contributed by atoms with van der Waals surface area (Å²) in [4.78, 5) is 12.5. The van der Waals surface area contributed by atoms with Crippen molar-refractivity contribution in [2.45, 2.75) is 31.6 Å². The Hall–Kier alpha value is -2.06. The number of alkyl halides is 3. The number of rotatable bonds is 2. The van der Waals surface area contributed by atoms with Crippen molar-refractivity contribution in [3.8, 4) is 5.69 Å². The van der Waals surface area contributed by atoms with Crippen LogP contribution in [0, 0.1) is 6.92 Å². The Morgan fingerprint density at radius 1 is 1.18 bits per heavy atom. The molecular weight excluding hydrogens is 297 g/mol. The maximum absolute atomic E-state index is 12.7. The first-order chi connectivity index (χ1) is 10.4. The molecule has 5 nitrogen and oxygen atoms in total. The summed E-state index contributed by atoms with van der Waals surface area (Å²) in [6.07, 6.45) is -4.56. The molecule has 2 atom stereocenters. The van der Waals surface area contributed by atoms with Crippen molar-refractivity contribution < 1.29 is 13.2 Å². The zero-order valence-corrected chi connectivity index (χ0v) is 11.7. The Morgan fingerprint density at radius 3 is 2.45 bits per heavy atom. The molecule has 1 saturated heterocycles. The molecule has 8 heteroatoms. The van der Waals surface area contributed by atoms with E-state index in [4.69, 9.17) is 0 Å². The van der Waals surface area contributed by atoms with E-state index in [1.807, 2.05) is 6.07 Å². The summed E-state index contributed by atoms with van der Waals surface area (Å²) in [6, 6.07) is 6.55. The molecule has 0 spiro atoms. The lowest BCUT2D eigenvalue weighted by atomic mass is 10.0. The number of nitrogens with one attached hydrogen (secondary N) is 3. The van der Waals surface area contributed by atoms with E-state index >= 15 is 0 Å². The predicted octanol–water partition coefficient (Wildman–Crippen LogP) is 1.94. The number of halogens is 3. The van der Waals surface area contributed by atoms with Crippen LogP contribution in [0.25, 0.3) is 5.69 Å². The first-order valence-electron chi connectivity index (χ1n) is 6.82. The van der Waals surface area contributed by atoms with Crippen molar-refractivity contribution in [1.29, 1.82) is 0 Å². The molecule has 1 aliphatic heterocycles. The molecule has 1 fully saturated rings. The molecule has 0 radical (unpaired) electrons. The average Bonchev–Trinajstić information content (AvgIpc) is 3.04. The number of aromatic nitrogens is 2. The van der Waals surface area contributed by atoms with E-state index < -0.39 is 18.3 Å². The Balaban J connectivity index is 1.94. The van der Waals surface area contributed by atoms with E-state index in [1.54, 1.807) is 31.2 Å². The van der Waals surface area contributed by atoms with Crippen LogP contribution in [-0.2, 0) is 0 Å². The van der Waals surface area contributed by atoms with Crippen molar-refractivity contribution in [2.75, 3.05) is 0 Å². The molecule has 118 valence electrons. The van der Waals surface area contributed by atoms with Gasteiger partial charge in [0.05, 0.1) is 17.3 Å². The van der Waals surface area contributed by atoms with Crippen molar-refractivity contribution in [3.63, 3.8) is 0 Å². The molecule has 1 aliphatic rings. The molecule has 2 aromatic rings. The zero-order chi connectivity index (χ0) is 15.9. The van der Waals surface area contributed by atoms with Crippen molar-refractivity contribution in [1.82, 2.24) is 20.6 Å². The van der Waals surface area contributed by atoms with Crippen LogP contribution in [0.15, 0.2) is 35.1 Å². The number of hydrazine groups is 1. The Kier molecular flexibility index (Phi) is 3.57. The minimum Gasteiger partial charge on any atom is -0.295 e. The number of benzene rings is 1. The largest absolute Gasteiger partial charge is 0.405 e. The van der Waals surface area contributed by atoms with Crippen molar-refractivity contribution >= 4 is 0 Å². The van der Waals surface area contributed by atoms with E-state index in [-0.39, 0.29) is 12.0 Å². The van der Waals surface area contributed by atoms with Gasteiger partial charge in [-0.05, 0) is 25.5 Å². The highest BCUT2D eigenvalue weighted by atomic mass is 19.4. The van der Waals surface area contributed by atoms with Gasteiger partial charge in [-0.3, -0.25) is 9.89 Å². The number of nitrogens with zero attached hydrogens (tertiary/aromatic N) is 1. The molecule has 1 aromatic heterocycles. The molecule has 22 heavy (non-hydrogen) atoms. The molecule has 1 aromatic carbocycles. The maximum atomic E-state index is 12.7. The predicted molar refractivity (Wildman–Crippen MR) is 74.6 cm³/mol.